The second kappa shape index (κ2) is 12.5. The molecule has 0 unspecified atom stereocenters. The first kappa shape index (κ1) is 25.0. The molecule has 1 aliphatic heterocycles. The van der Waals surface area contributed by atoms with Gasteiger partial charge in [-0.15, -0.1) is 0 Å². The lowest BCUT2D eigenvalue weighted by Gasteiger charge is -2.48. The van der Waals surface area contributed by atoms with Crippen LogP contribution >= 0.6 is 15.9 Å². The average Bonchev–Trinajstić information content (AvgIpc) is 2.59. The molecular weight excluding hydrogens is 413 g/mol. The summed E-state index contributed by atoms with van der Waals surface area (Å²) in [6, 6.07) is 0. The van der Waals surface area contributed by atoms with Crippen LogP contribution in [-0.2, 0) is 4.65 Å². The molecule has 0 N–H and O–H groups in total. The van der Waals surface area contributed by atoms with Gasteiger partial charge in [0.2, 0.25) is 0 Å². The van der Waals surface area contributed by atoms with E-state index >= 15 is 0 Å². The largest absolute Gasteiger partial charge is 0.450 e. The Morgan fingerprint density at radius 1 is 0.963 bits per heavy atom. The van der Waals surface area contributed by atoms with Crippen LogP contribution < -0.4 is 0 Å². The van der Waals surface area contributed by atoms with Gasteiger partial charge in [0.15, 0.2) is 0 Å². The molecule has 0 aliphatic carbocycles. The number of hydrogen-bond donors (Lipinski definition) is 0. The van der Waals surface area contributed by atoms with Crippen LogP contribution in [-0.4, -0.2) is 26.4 Å². The highest BCUT2D eigenvalue weighted by Gasteiger charge is 2.46. The molecule has 0 fully saturated rings. The van der Waals surface area contributed by atoms with Crippen molar-refractivity contribution in [3.63, 3.8) is 0 Å². The summed E-state index contributed by atoms with van der Waals surface area (Å²) in [5, 5.41) is 0.292. The van der Waals surface area contributed by atoms with E-state index < -0.39 is 8.24 Å². The lowest BCUT2D eigenvalue weighted by Crippen LogP contribution is -2.60. The molecule has 0 aromatic carbocycles. The fourth-order valence-electron chi connectivity index (χ4n) is 3.33. The Labute approximate surface area is 179 Å². The monoisotopic (exact) mass is 455 g/mol. The van der Waals surface area contributed by atoms with E-state index in [9.17, 15) is 0 Å². The van der Waals surface area contributed by atoms with Gasteiger partial charge < -0.3 is 9.13 Å². The molecule has 156 valence electrons. The summed E-state index contributed by atoms with van der Waals surface area (Å²) >= 11 is 3.75. The summed E-state index contributed by atoms with van der Waals surface area (Å²) in [6.45, 7) is 15.1. The Kier molecular flexibility index (Phi) is 11.6. The Morgan fingerprint density at radius 2 is 1.48 bits per heavy atom. The first-order valence-corrected chi connectivity index (χ1v) is 14.9. The van der Waals surface area contributed by atoms with E-state index in [1.807, 2.05) is 0 Å². The maximum atomic E-state index is 6.36. The molecular formula is C22H43BBrNOSi. The van der Waals surface area contributed by atoms with E-state index in [0.29, 0.717) is 5.04 Å². The fourth-order valence-corrected chi connectivity index (χ4v) is 6.06. The van der Waals surface area contributed by atoms with Crippen molar-refractivity contribution in [2.45, 2.75) is 110 Å². The third-order valence-corrected chi connectivity index (χ3v) is 12.2. The zero-order valence-corrected chi connectivity index (χ0v) is 21.4. The van der Waals surface area contributed by atoms with Crippen molar-refractivity contribution >= 4 is 31.2 Å². The second-order valence-corrected chi connectivity index (χ2v) is 15.6. The molecule has 0 bridgehead atoms. The van der Waals surface area contributed by atoms with Crippen molar-refractivity contribution in [3.05, 3.63) is 22.7 Å². The van der Waals surface area contributed by atoms with E-state index in [1.54, 1.807) is 0 Å². The minimum atomic E-state index is -1.66. The van der Waals surface area contributed by atoms with Crippen LogP contribution in [0.3, 0.4) is 0 Å². The van der Waals surface area contributed by atoms with Crippen LogP contribution in [0.5, 0.6) is 0 Å². The van der Waals surface area contributed by atoms with Gasteiger partial charge in [0.1, 0.15) is 8.24 Å². The SMILES string of the molecule is CCCCCCCCCCCCOB1C(Br)=CC=CN1[Si](C)(C)C(C)(C)C. The maximum Gasteiger partial charge on any atom is 0.450 e. The molecule has 0 radical (unpaired) electrons. The van der Waals surface area contributed by atoms with Crippen LogP contribution in [0.4, 0.5) is 0 Å². The zero-order chi connectivity index (χ0) is 20.3. The fraction of sp³-hybridized carbons (Fsp3) is 0.818. The predicted molar refractivity (Wildman–Crippen MR) is 129 cm³/mol. The van der Waals surface area contributed by atoms with Crippen LogP contribution in [0.1, 0.15) is 91.9 Å². The summed E-state index contributed by atoms with van der Waals surface area (Å²) in [6.07, 6.45) is 20.1. The Bertz CT molecular complexity index is 473. The quantitative estimate of drug-likeness (QED) is 0.205. The predicted octanol–water partition coefficient (Wildman–Crippen LogP) is 8.06. The highest BCUT2D eigenvalue weighted by Crippen LogP contribution is 2.41. The summed E-state index contributed by atoms with van der Waals surface area (Å²) in [7, 11) is -1.61. The number of rotatable bonds is 13. The van der Waals surface area contributed by atoms with Gasteiger partial charge in [0.05, 0.1) is 0 Å². The number of hydrogen-bond acceptors (Lipinski definition) is 2. The van der Waals surface area contributed by atoms with Gasteiger partial charge in [-0.25, -0.2) is 0 Å². The smallest absolute Gasteiger partial charge is 0.419 e. The summed E-state index contributed by atoms with van der Waals surface area (Å²) < 4.78 is 10.0. The Hall–Kier alpha value is 0.00182. The minimum absolute atomic E-state index is 0.0504. The summed E-state index contributed by atoms with van der Waals surface area (Å²) in [5.41, 5.74) is 0. The second-order valence-electron chi connectivity index (χ2n) is 9.51. The number of halogens is 1. The van der Waals surface area contributed by atoms with Gasteiger partial charge in [0, 0.05) is 11.0 Å². The van der Waals surface area contributed by atoms with Gasteiger partial charge in [-0.05, 0) is 23.7 Å². The third-order valence-electron chi connectivity index (χ3n) is 6.25. The van der Waals surface area contributed by atoms with Gasteiger partial charge in [0.25, 0.3) is 0 Å². The zero-order valence-electron chi connectivity index (χ0n) is 18.8. The summed E-state index contributed by atoms with van der Waals surface area (Å²) in [5.74, 6) is 0. The molecule has 0 aromatic rings. The van der Waals surface area contributed by atoms with Gasteiger partial charge in [-0.2, -0.15) is 0 Å². The topological polar surface area (TPSA) is 12.5 Å². The van der Waals surface area contributed by atoms with Crippen molar-refractivity contribution in [2.24, 2.45) is 0 Å². The number of nitrogens with zero attached hydrogens (tertiary/aromatic N) is 1. The number of unbranched alkanes of at least 4 members (excludes halogenated alkanes) is 9. The number of allylic oxidation sites excluding steroid dienone is 2. The molecule has 1 aliphatic rings. The van der Waals surface area contributed by atoms with Crippen molar-refractivity contribution in [1.29, 1.82) is 0 Å². The van der Waals surface area contributed by atoms with Crippen molar-refractivity contribution in [1.82, 2.24) is 4.48 Å². The molecule has 0 saturated carbocycles. The first-order chi connectivity index (χ1) is 12.7. The normalized spacial score (nSPS) is 15.4. The van der Waals surface area contributed by atoms with E-state index in [1.165, 1.54) is 64.2 Å². The van der Waals surface area contributed by atoms with Gasteiger partial charge in [-0.3, -0.25) is 0 Å². The standard InChI is InChI=1S/C22H43BBrNOSi/c1-7-8-9-10-11-12-13-14-15-16-20-26-23-21(24)18-17-19-25(23)27(5,6)22(2,3)4/h17-19H,7-16,20H2,1-6H3. The van der Waals surface area contributed by atoms with E-state index in [0.717, 1.165) is 11.0 Å². The van der Waals surface area contributed by atoms with Crippen molar-refractivity contribution < 1.29 is 4.65 Å². The molecule has 1 heterocycles. The molecule has 2 nitrogen and oxygen atoms in total. The molecule has 0 saturated heterocycles. The molecule has 0 amide bonds. The van der Waals surface area contributed by atoms with Gasteiger partial charge >= 0.3 is 7.05 Å². The molecule has 1 rings (SSSR count). The molecule has 0 spiro atoms. The van der Waals surface area contributed by atoms with Crippen LogP contribution in [0, 0.1) is 0 Å². The van der Waals surface area contributed by atoms with E-state index in [-0.39, 0.29) is 7.05 Å². The van der Waals surface area contributed by atoms with Crippen LogP contribution in [0.15, 0.2) is 22.7 Å². The molecule has 0 aromatic heterocycles. The lowest BCUT2D eigenvalue weighted by molar-refractivity contribution is 0.292. The summed E-state index contributed by atoms with van der Waals surface area (Å²) in [4.78, 5) is 0. The first-order valence-electron chi connectivity index (χ1n) is 11.2. The van der Waals surface area contributed by atoms with Crippen LogP contribution in [0.25, 0.3) is 0 Å². The maximum absolute atomic E-state index is 6.36. The molecule has 27 heavy (non-hydrogen) atoms. The third kappa shape index (κ3) is 8.49. The molecule has 0 atom stereocenters. The minimum Gasteiger partial charge on any atom is -0.419 e. The highest BCUT2D eigenvalue weighted by atomic mass is 79.9. The van der Waals surface area contributed by atoms with Gasteiger partial charge in [-0.1, -0.05) is 121 Å². The lowest BCUT2D eigenvalue weighted by atomic mass is 9.81. The Morgan fingerprint density at radius 3 is 2.00 bits per heavy atom. The van der Waals surface area contributed by atoms with Crippen LogP contribution in [0.2, 0.25) is 18.1 Å². The van der Waals surface area contributed by atoms with E-state index in [4.69, 9.17) is 4.65 Å². The van der Waals surface area contributed by atoms with Crippen molar-refractivity contribution in [3.8, 4) is 0 Å². The highest BCUT2D eigenvalue weighted by molar-refractivity contribution is 9.12. The average molecular weight is 456 g/mol. The van der Waals surface area contributed by atoms with E-state index in [2.05, 4.69) is 79.5 Å². The Balaban J connectivity index is 2.29. The van der Waals surface area contributed by atoms with Crippen molar-refractivity contribution in [2.75, 3.05) is 6.61 Å². The molecule has 5 heteroatoms.